The molecule has 0 aromatic carbocycles. The first-order valence-corrected chi connectivity index (χ1v) is 16.8. The van der Waals surface area contributed by atoms with Crippen LogP contribution in [0.25, 0.3) is 0 Å². The van der Waals surface area contributed by atoms with Gasteiger partial charge in [-0.25, -0.2) is 0 Å². The summed E-state index contributed by atoms with van der Waals surface area (Å²) in [5, 5.41) is 0. The lowest BCUT2D eigenvalue weighted by Gasteiger charge is -2.38. The highest BCUT2D eigenvalue weighted by atomic mass is 28.4. The predicted octanol–water partition coefficient (Wildman–Crippen LogP) is 6.94. The van der Waals surface area contributed by atoms with Crippen molar-refractivity contribution in [2.75, 3.05) is 13.2 Å². The summed E-state index contributed by atoms with van der Waals surface area (Å²) in [4.78, 5) is 0. The molecule has 0 N–H and O–H groups in total. The van der Waals surface area contributed by atoms with Crippen molar-refractivity contribution < 1.29 is 8.85 Å². The number of rotatable bonds is 13. The van der Waals surface area contributed by atoms with Crippen molar-refractivity contribution in [3.8, 4) is 0 Å². The topological polar surface area (TPSA) is 18.5 Å². The maximum absolute atomic E-state index is 6.42. The van der Waals surface area contributed by atoms with Crippen LogP contribution < -0.4 is 0 Å². The Morgan fingerprint density at radius 1 is 0.667 bits per heavy atom. The van der Waals surface area contributed by atoms with E-state index in [2.05, 4.69) is 67.0 Å². The summed E-state index contributed by atoms with van der Waals surface area (Å²) < 4.78 is 12.8. The molecule has 0 aromatic rings. The first-order chi connectivity index (χ1) is 10.7. The fourth-order valence-corrected chi connectivity index (χ4v) is 4.15. The fraction of sp³-hybridized carbons (Fsp3) is 1.00. The van der Waals surface area contributed by atoms with E-state index in [9.17, 15) is 0 Å². The molecule has 0 heterocycles. The molecule has 4 heteroatoms. The normalized spacial score (nSPS) is 14.0. The number of hydrogen-bond acceptors (Lipinski definition) is 2. The van der Waals surface area contributed by atoms with E-state index in [-0.39, 0.29) is 5.41 Å². The summed E-state index contributed by atoms with van der Waals surface area (Å²) in [5.74, 6) is 1.52. The lowest BCUT2D eigenvalue weighted by Crippen LogP contribution is -2.41. The molecule has 0 bridgehead atoms. The second kappa shape index (κ2) is 10.5. The van der Waals surface area contributed by atoms with Gasteiger partial charge in [0.05, 0.1) is 0 Å². The highest BCUT2D eigenvalue weighted by Gasteiger charge is 2.34. The Morgan fingerprint density at radius 2 is 1.08 bits per heavy atom. The summed E-state index contributed by atoms with van der Waals surface area (Å²) in [6.45, 7) is 24.9. The predicted molar refractivity (Wildman–Crippen MR) is 114 cm³/mol. The summed E-state index contributed by atoms with van der Waals surface area (Å²) in [7, 11) is -3.01. The van der Waals surface area contributed by atoms with Gasteiger partial charge in [-0.3, -0.25) is 0 Å². The van der Waals surface area contributed by atoms with Crippen molar-refractivity contribution in [3.63, 3.8) is 0 Å². The second-order valence-electron chi connectivity index (χ2n) is 10.5. The quantitative estimate of drug-likeness (QED) is 0.325. The second-order valence-corrected chi connectivity index (χ2v) is 19.5. The van der Waals surface area contributed by atoms with Crippen LogP contribution in [0.3, 0.4) is 0 Å². The standard InChI is InChI=1S/C20H46O2Si2/c1-18(2)12-11-14-20(15-13-19(3)4,16-21-23(5,6)7)17-22-24(8,9)10/h18-19H,11-17H2,1-10H3. The van der Waals surface area contributed by atoms with Crippen molar-refractivity contribution >= 4 is 16.6 Å². The molecule has 146 valence electrons. The highest BCUT2D eigenvalue weighted by molar-refractivity contribution is 6.70. The molecule has 0 aliphatic rings. The van der Waals surface area contributed by atoms with Gasteiger partial charge < -0.3 is 8.85 Å². The van der Waals surface area contributed by atoms with E-state index >= 15 is 0 Å². The van der Waals surface area contributed by atoms with Gasteiger partial charge in [0, 0.05) is 18.6 Å². The van der Waals surface area contributed by atoms with Gasteiger partial charge in [0.2, 0.25) is 0 Å². The Hall–Kier alpha value is 0.354. The van der Waals surface area contributed by atoms with E-state index in [1.165, 1.54) is 32.1 Å². The van der Waals surface area contributed by atoms with Crippen LogP contribution in [0.1, 0.15) is 59.8 Å². The van der Waals surface area contributed by atoms with Gasteiger partial charge in [-0.05, 0) is 64.0 Å². The van der Waals surface area contributed by atoms with Crippen molar-refractivity contribution in [2.24, 2.45) is 17.3 Å². The van der Waals surface area contributed by atoms with Gasteiger partial charge in [-0.1, -0.05) is 47.0 Å². The average molecular weight is 375 g/mol. The van der Waals surface area contributed by atoms with Gasteiger partial charge in [-0.2, -0.15) is 0 Å². The average Bonchev–Trinajstić information content (AvgIpc) is 2.37. The van der Waals surface area contributed by atoms with Crippen molar-refractivity contribution in [3.05, 3.63) is 0 Å². The molecule has 0 aliphatic carbocycles. The van der Waals surface area contributed by atoms with E-state index in [4.69, 9.17) is 8.85 Å². The Bertz CT molecular complexity index is 310. The van der Waals surface area contributed by atoms with Gasteiger partial charge in [0.25, 0.3) is 0 Å². The number of hydrogen-bond donors (Lipinski definition) is 0. The van der Waals surface area contributed by atoms with Gasteiger partial charge in [-0.15, -0.1) is 0 Å². The first-order valence-electron chi connectivity index (χ1n) is 10.0. The zero-order valence-electron chi connectivity index (χ0n) is 18.4. The molecule has 0 saturated heterocycles. The van der Waals surface area contributed by atoms with E-state index in [0.29, 0.717) is 0 Å². The minimum absolute atomic E-state index is 0.208. The Kier molecular flexibility index (Phi) is 10.6. The molecule has 0 spiro atoms. The van der Waals surface area contributed by atoms with Crippen LogP contribution in [-0.4, -0.2) is 29.8 Å². The highest BCUT2D eigenvalue weighted by Crippen LogP contribution is 2.35. The molecule has 2 nitrogen and oxygen atoms in total. The molecule has 0 saturated carbocycles. The molecule has 0 aliphatic heterocycles. The zero-order valence-corrected chi connectivity index (χ0v) is 20.4. The Morgan fingerprint density at radius 3 is 1.42 bits per heavy atom. The van der Waals surface area contributed by atoms with E-state index < -0.39 is 16.6 Å². The fourth-order valence-electron chi connectivity index (χ4n) is 2.67. The van der Waals surface area contributed by atoms with Gasteiger partial charge >= 0.3 is 0 Å². The van der Waals surface area contributed by atoms with Crippen LogP contribution in [0, 0.1) is 17.3 Å². The van der Waals surface area contributed by atoms with Crippen LogP contribution in [0.4, 0.5) is 0 Å². The van der Waals surface area contributed by atoms with Crippen LogP contribution in [0.2, 0.25) is 39.3 Å². The van der Waals surface area contributed by atoms with Crippen LogP contribution >= 0.6 is 0 Å². The largest absolute Gasteiger partial charge is 0.417 e. The van der Waals surface area contributed by atoms with E-state index in [1.807, 2.05) is 0 Å². The smallest absolute Gasteiger partial charge is 0.183 e. The maximum atomic E-state index is 6.42. The Labute approximate surface area is 155 Å². The SMILES string of the molecule is CC(C)CCCC(CCC(C)C)(CO[Si](C)(C)C)CO[Si](C)(C)C. The third-order valence-electron chi connectivity index (χ3n) is 4.36. The van der Waals surface area contributed by atoms with Crippen molar-refractivity contribution in [1.82, 2.24) is 0 Å². The molecule has 24 heavy (non-hydrogen) atoms. The summed E-state index contributed by atoms with van der Waals surface area (Å²) in [6, 6.07) is 0. The minimum atomic E-state index is -1.50. The maximum Gasteiger partial charge on any atom is 0.183 e. The molecular weight excluding hydrogens is 328 g/mol. The van der Waals surface area contributed by atoms with Gasteiger partial charge in [0.15, 0.2) is 16.6 Å². The molecule has 0 amide bonds. The van der Waals surface area contributed by atoms with Crippen molar-refractivity contribution in [2.45, 2.75) is 99.1 Å². The molecule has 0 radical (unpaired) electrons. The monoisotopic (exact) mass is 374 g/mol. The molecule has 0 unspecified atom stereocenters. The van der Waals surface area contributed by atoms with E-state index in [1.54, 1.807) is 0 Å². The molecular formula is C20H46O2Si2. The third-order valence-corrected chi connectivity index (χ3v) is 6.38. The molecule has 0 fully saturated rings. The minimum Gasteiger partial charge on any atom is -0.417 e. The first kappa shape index (κ1) is 24.4. The molecule has 0 aromatic heterocycles. The summed E-state index contributed by atoms with van der Waals surface area (Å²) in [5.41, 5.74) is 0.208. The molecule has 0 atom stereocenters. The van der Waals surface area contributed by atoms with Crippen LogP contribution in [-0.2, 0) is 8.85 Å². The summed E-state index contributed by atoms with van der Waals surface area (Å²) in [6.07, 6.45) is 6.35. The van der Waals surface area contributed by atoms with Gasteiger partial charge in [0.1, 0.15) is 0 Å². The van der Waals surface area contributed by atoms with Crippen molar-refractivity contribution in [1.29, 1.82) is 0 Å². The Balaban J connectivity index is 5.12. The van der Waals surface area contributed by atoms with Crippen LogP contribution in [0.15, 0.2) is 0 Å². The third kappa shape index (κ3) is 13.6. The lowest BCUT2D eigenvalue weighted by molar-refractivity contribution is 0.0476. The lowest BCUT2D eigenvalue weighted by atomic mass is 9.78. The van der Waals surface area contributed by atoms with Crippen LogP contribution in [0.5, 0.6) is 0 Å². The zero-order chi connectivity index (χ0) is 19.0. The summed E-state index contributed by atoms with van der Waals surface area (Å²) >= 11 is 0. The van der Waals surface area contributed by atoms with E-state index in [0.717, 1.165) is 25.0 Å². The molecule has 0 rings (SSSR count).